The van der Waals surface area contributed by atoms with Crippen molar-refractivity contribution in [1.29, 1.82) is 0 Å². The van der Waals surface area contributed by atoms with Crippen molar-refractivity contribution >= 4 is 0 Å². The molecule has 1 aliphatic heterocycles. The van der Waals surface area contributed by atoms with E-state index in [-0.39, 0.29) is 0 Å². The number of hydrogen-bond acceptors (Lipinski definition) is 1. The van der Waals surface area contributed by atoms with Crippen LogP contribution in [0.25, 0.3) is 0 Å². The van der Waals surface area contributed by atoms with Gasteiger partial charge >= 0.3 is 0 Å². The lowest BCUT2D eigenvalue weighted by Crippen LogP contribution is -2.38. The quantitative estimate of drug-likeness (QED) is 0.711. The summed E-state index contributed by atoms with van der Waals surface area (Å²) in [6.45, 7) is 6.12. The fourth-order valence-electron chi connectivity index (χ4n) is 3.25. The van der Waals surface area contributed by atoms with Gasteiger partial charge in [0.25, 0.3) is 0 Å². The Morgan fingerprint density at radius 3 is 2.12 bits per heavy atom. The zero-order valence-electron chi connectivity index (χ0n) is 10.6. The maximum Gasteiger partial charge on any atom is 0.100 e. The van der Waals surface area contributed by atoms with E-state index in [0.29, 0.717) is 0 Å². The van der Waals surface area contributed by atoms with Gasteiger partial charge in [0.05, 0.1) is 0 Å². The minimum absolute atomic E-state index is 0.498. The highest BCUT2D eigenvalue weighted by Crippen LogP contribution is 2.28. The summed E-state index contributed by atoms with van der Waals surface area (Å²) in [5.41, 5.74) is 0. The number of alkyl halides is 1. The number of piperidine rings is 1. The van der Waals surface area contributed by atoms with E-state index < -0.39 is 6.17 Å². The summed E-state index contributed by atoms with van der Waals surface area (Å²) >= 11 is 0. The summed E-state index contributed by atoms with van der Waals surface area (Å²) in [7, 11) is 0. The molecule has 2 heteroatoms. The molecule has 1 heterocycles. The van der Waals surface area contributed by atoms with Gasteiger partial charge in [-0.2, -0.15) is 0 Å². The molecule has 1 aliphatic carbocycles. The number of hydrogen-bond donors (Lipinski definition) is 0. The minimum Gasteiger partial charge on any atom is -0.303 e. The van der Waals surface area contributed by atoms with Crippen LogP contribution in [0.2, 0.25) is 0 Å². The van der Waals surface area contributed by atoms with Gasteiger partial charge in [0.1, 0.15) is 6.17 Å². The van der Waals surface area contributed by atoms with Crippen LogP contribution in [0.3, 0.4) is 0 Å². The van der Waals surface area contributed by atoms with E-state index in [4.69, 9.17) is 0 Å². The molecule has 0 bridgehead atoms. The molecular formula is C14H26FN. The highest BCUT2D eigenvalue weighted by molar-refractivity contribution is 4.77. The van der Waals surface area contributed by atoms with Crippen LogP contribution >= 0.6 is 0 Å². The van der Waals surface area contributed by atoms with Crippen LogP contribution in [0.15, 0.2) is 0 Å². The molecule has 0 spiro atoms. The van der Waals surface area contributed by atoms with Crippen LogP contribution in [0.1, 0.15) is 51.9 Å². The van der Waals surface area contributed by atoms with Crippen molar-refractivity contribution in [1.82, 2.24) is 4.90 Å². The monoisotopic (exact) mass is 227 g/mol. The van der Waals surface area contributed by atoms with E-state index in [1.165, 1.54) is 38.9 Å². The number of likely N-dealkylation sites (tertiary alicyclic amines) is 1. The molecule has 0 amide bonds. The van der Waals surface area contributed by atoms with Crippen molar-refractivity contribution in [3.63, 3.8) is 0 Å². The first-order valence-corrected chi connectivity index (χ1v) is 7.14. The molecule has 16 heavy (non-hydrogen) atoms. The third-order valence-electron chi connectivity index (χ3n) is 4.58. The van der Waals surface area contributed by atoms with Crippen molar-refractivity contribution in [3.05, 3.63) is 0 Å². The zero-order chi connectivity index (χ0) is 11.4. The van der Waals surface area contributed by atoms with Gasteiger partial charge < -0.3 is 4.90 Å². The van der Waals surface area contributed by atoms with Crippen LogP contribution in [0.4, 0.5) is 4.39 Å². The Hall–Kier alpha value is -0.110. The van der Waals surface area contributed by atoms with Gasteiger partial charge in [-0.15, -0.1) is 0 Å². The van der Waals surface area contributed by atoms with Gasteiger partial charge in [0, 0.05) is 6.54 Å². The molecule has 0 aromatic heterocycles. The lowest BCUT2D eigenvalue weighted by atomic mass is 9.86. The first-order chi connectivity index (χ1) is 7.78. The van der Waals surface area contributed by atoms with E-state index in [1.807, 2.05) is 0 Å². The molecular weight excluding hydrogens is 201 g/mol. The molecule has 1 nitrogen and oxygen atoms in total. The maximum absolute atomic E-state index is 13.0. The molecule has 0 aromatic carbocycles. The van der Waals surface area contributed by atoms with E-state index in [0.717, 1.165) is 37.5 Å². The molecule has 0 radical (unpaired) electrons. The maximum atomic E-state index is 13.0. The standard InChI is InChI=1S/C14H26FN/c1-2-12-7-9-16(10-8-12)11-13-3-5-14(15)6-4-13/h12-14H,2-11H2,1H3. The van der Waals surface area contributed by atoms with Crippen molar-refractivity contribution in [2.75, 3.05) is 19.6 Å². The average Bonchev–Trinajstić information content (AvgIpc) is 2.33. The van der Waals surface area contributed by atoms with Crippen molar-refractivity contribution in [2.45, 2.75) is 58.0 Å². The summed E-state index contributed by atoms with van der Waals surface area (Å²) in [5.74, 6) is 1.75. The first-order valence-electron chi connectivity index (χ1n) is 7.14. The molecule has 1 saturated heterocycles. The predicted octanol–water partition coefficient (Wildman–Crippen LogP) is 3.64. The largest absolute Gasteiger partial charge is 0.303 e. The lowest BCUT2D eigenvalue weighted by molar-refractivity contribution is 0.125. The normalized spacial score (nSPS) is 34.1. The Bertz CT molecular complexity index is 191. The van der Waals surface area contributed by atoms with Crippen LogP contribution in [-0.4, -0.2) is 30.7 Å². The summed E-state index contributed by atoms with van der Waals surface area (Å²) in [4.78, 5) is 2.62. The molecule has 0 atom stereocenters. The van der Waals surface area contributed by atoms with Crippen LogP contribution in [0.5, 0.6) is 0 Å². The molecule has 2 fully saturated rings. The molecule has 1 saturated carbocycles. The molecule has 2 rings (SSSR count). The second-order valence-corrected chi connectivity index (χ2v) is 5.77. The molecule has 94 valence electrons. The molecule has 2 aliphatic rings. The number of rotatable bonds is 3. The summed E-state index contributed by atoms with van der Waals surface area (Å²) in [5, 5.41) is 0. The highest BCUT2D eigenvalue weighted by Gasteiger charge is 2.24. The Morgan fingerprint density at radius 2 is 1.56 bits per heavy atom. The highest BCUT2D eigenvalue weighted by atomic mass is 19.1. The van der Waals surface area contributed by atoms with E-state index in [9.17, 15) is 4.39 Å². The Morgan fingerprint density at radius 1 is 0.938 bits per heavy atom. The van der Waals surface area contributed by atoms with Crippen LogP contribution in [0, 0.1) is 11.8 Å². The first kappa shape index (κ1) is 12.3. The van der Waals surface area contributed by atoms with Gasteiger partial charge in [-0.05, 0) is 63.5 Å². The van der Waals surface area contributed by atoms with Crippen LogP contribution in [-0.2, 0) is 0 Å². The Kier molecular flexibility index (Phi) is 4.63. The molecule has 0 unspecified atom stereocenters. The third-order valence-corrected chi connectivity index (χ3v) is 4.58. The minimum atomic E-state index is -0.498. The summed E-state index contributed by atoms with van der Waals surface area (Å²) in [6, 6.07) is 0. The fraction of sp³-hybridized carbons (Fsp3) is 1.00. The molecule has 0 aromatic rings. The van der Waals surface area contributed by atoms with Gasteiger partial charge in [0.15, 0.2) is 0 Å². The Balaban J connectivity index is 1.66. The Labute approximate surface area is 99.4 Å². The van der Waals surface area contributed by atoms with Crippen molar-refractivity contribution in [2.24, 2.45) is 11.8 Å². The summed E-state index contributed by atoms with van der Waals surface area (Å²) in [6.07, 6.45) is 7.49. The third kappa shape index (κ3) is 3.44. The second kappa shape index (κ2) is 6.00. The van der Waals surface area contributed by atoms with Gasteiger partial charge in [0.2, 0.25) is 0 Å². The van der Waals surface area contributed by atoms with Crippen LogP contribution < -0.4 is 0 Å². The summed E-state index contributed by atoms with van der Waals surface area (Å²) < 4.78 is 13.0. The van der Waals surface area contributed by atoms with Crippen molar-refractivity contribution < 1.29 is 4.39 Å². The lowest BCUT2D eigenvalue weighted by Gasteiger charge is -2.35. The van der Waals surface area contributed by atoms with E-state index >= 15 is 0 Å². The SMILES string of the molecule is CCC1CCN(CC2CCC(F)CC2)CC1. The number of nitrogens with zero attached hydrogens (tertiary/aromatic N) is 1. The smallest absolute Gasteiger partial charge is 0.100 e. The van der Waals surface area contributed by atoms with E-state index in [2.05, 4.69) is 11.8 Å². The van der Waals surface area contributed by atoms with Gasteiger partial charge in [-0.3, -0.25) is 0 Å². The average molecular weight is 227 g/mol. The second-order valence-electron chi connectivity index (χ2n) is 5.77. The zero-order valence-corrected chi connectivity index (χ0v) is 10.6. The number of halogens is 1. The molecule has 0 N–H and O–H groups in total. The van der Waals surface area contributed by atoms with Gasteiger partial charge in [-0.1, -0.05) is 13.3 Å². The predicted molar refractivity (Wildman–Crippen MR) is 66.3 cm³/mol. The van der Waals surface area contributed by atoms with Crippen molar-refractivity contribution in [3.8, 4) is 0 Å². The fourth-order valence-corrected chi connectivity index (χ4v) is 3.25. The van der Waals surface area contributed by atoms with E-state index in [1.54, 1.807) is 0 Å². The topological polar surface area (TPSA) is 3.24 Å². The van der Waals surface area contributed by atoms with Gasteiger partial charge in [-0.25, -0.2) is 4.39 Å².